The van der Waals surface area contributed by atoms with E-state index in [9.17, 15) is 19.5 Å². The summed E-state index contributed by atoms with van der Waals surface area (Å²) < 4.78 is 9.50. The van der Waals surface area contributed by atoms with Crippen molar-refractivity contribution >= 4 is 17.9 Å². The molecule has 0 saturated heterocycles. The molecule has 0 spiro atoms. The number of rotatable bonds is 11. The van der Waals surface area contributed by atoms with Crippen LogP contribution in [0.5, 0.6) is 0 Å². The van der Waals surface area contributed by atoms with Gasteiger partial charge in [0, 0.05) is 5.57 Å². The summed E-state index contributed by atoms with van der Waals surface area (Å²) in [5.41, 5.74) is -0.139. The standard InChI is InChI=1S/C15H24O6.Na/c1-4-5-6-7-8-12(3)21-14(18)9-11(2)15(19)20-10-13(16)17;/h12H,2,4-10H2,1,3H3,(H,16,17);/q;+1/p-1/t12-;/m1./s1. The second-order valence-corrected chi connectivity index (χ2v) is 4.88. The summed E-state index contributed by atoms with van der Waals surface area (Å²) in [6.45, 7) is 6.43. The van der Waals surface area contributed by atoms with Crippen LogP contribution < -0.4 is 34.7 Å². The van der Waals surface area contributed by atoms with Crippen molar-refractivity contribution in [2.45, 2.75) is 58.5 Å². The number of carbonyl (C=O) groups excluding carboxylic acids is 3. The molecule has 0 aromatic rings. The van der Waals surface area contributed by atoms with Crippen LogP contribution in [0, 0.1) is 0 Å². The third kappa shape index (κ3) is 12.9. The fourth-order valence-corrected chi connectivity index (χ4v) is 1.66. The maximum absolute atomic E-state index is 11.6. The van der Waals surface area contributed by atoms with Crippen molar-refractivity contribution in [1.82, 2.24) is 0 Å². The molecule has 0 saturated carbocycles. The van der Waals surface area contributed by atoms with Gasteiger partial charge in [-0.2, -0.15) is 0 Å². The first-order valence-corrected chi connectivity index (χ1v) is 7.11. The summed E-state index contributed by atoms with van der Waals surface area (Å²) in [5, 5.41) is 10.1. The number of hydrogen-bond donors (Lipinski definition) is 0. The Balaban J connectivity index is 0. The Kier molecular flexibility index (Phi) is 14.7. The van der Waals surface area contributed by atoms with Gasteiger partial charge in [0.05, 0.1) is 18.5 Å². The Morgan fingerprint density at radius 3 is 2.36 bits per heavy atom. The first kappa shape index (κ1) is 23.4. The van der Waals surface area contributed by atoms with Crippen LogP contribution in [0.4, 0.5) is 0 Å². The molecular formula is C15H23NaO6. The van der Waals surface area contributed by atoms with Gasteiger partial charge in [0.15, 0.2) is 0 Å². The van der Waals surface area contributed by atoms with Crippen molar-refractivity contribution in [2.24, 2.45) is 0 Å². The van der Waals surface area contributed by atoms with Crippen molar-refractivity contribution in [2.75, 3.05) is 6.61 Å². The minimum Gasteiger partial charge on any atom is -0.546 e. The monoisotopic (exact) mass is 322 g/mol. The smallest absolute Gasteiger partial charge is 0.546 e. The molecule has 0 rings (SSSR count). The molecule has 0 aliphatic carbocycles. The molecule has 0 unspecified atom stereocenters. The quantitative estimate of drug-likeness (QED) is 0.192. The molecule has 22 heavy (non-hydrogen) atoms. The summed E-state index contributed by atoms with van der Waals surface area (Å²) in [7, 11) is 0. The SMILES string of the molecule is C=C(CC(=O)O[C@H](C)CCCCCC)C(=O)OCC(=O)[O-].[Na+]. The molecule has 0 bridgehead atoms. The molecule has 0 aliphatic rings. The maximum Gasteiger partial charge on any atom is 1.00 e. The van der Waals surface area contributed by atoms with Crippen LogP contribution >= 0.6 is 0 Å². The van der Waals surface area contributed by atoms with Crippen LogP contribution in [0.25, 0.3) is 0 Å². The van der Waals surface area contributed by atoms with E-state index in [0.717, 1.165) is 32.1 Å². The predicted octanol–water partition coefficient (Wildman–Crippen LogP) is -1.87. The zero-order valence-electron chi connectivity index (χ0n) is 13.7. The van der Waals surface area contributed by atoms with E-state index in [-0.39, 0.29) is 47.7 Å². The summed E-state index contributed by atoms with van der Waals surface area (Å²) in [4.78, 5) is 33.0. The molecule has 6 nitrogen and oxygen atoms in total. The molecule has 0 N–H and O–H groups in total. The number of ether oxygens (including phenoxy) is 2. The van der Waals surface area contributed by atoms with E-state index in [2.05, 4.69) is 18.2 Å². The number of carbonyl (C=O) groups is 3. The largest absolute Gasteiger partial charge is 1.00 e. The van der Waals surface area contributed by atoms with Gasteiger partial charge in [-0.15, -0.1) is 0 Å². The number of esters is 2. The minimum atomic E-state index is -1.51. The van der Waals surface area contributed by atoms with E-state index >= 15 is 0 Å². The fraction of sp³-hybridized carbons (Fsp3) is 0.667. The van der Waals surface area contributed by atoms with E-state index in [4.69, 9.17) is 4.74 Å². The molecule has 7 heteroatoms. The summed E-state index contributed by atoms with van der Waals surface area (Å²) in [5.74, 6) is -3.03. The molecule has 0 radical (unpaired) electrons. The fourth-order valence-electron chi connectivity index (χ4n) is 1.66. The third-order valence-electron chi connectivity index (χ3n) is 2.76. The first-order chi connectivity index (χ1) is 9.86. The van der Waals surface area contributed by atoms with Gasteiger partial charge >= 0.3 is 41.5 Å². The van der Waals surface area contributed by atoms with E-state index in [1.807, 2.05) is 0 Å². The van der Waals surface area contributed by atoms with Crippen molar-refractivity contribution in [3.8, 4) is 0 Å². The van der Waals surface area contributed by atoms with Gasteiger partial charge in [-0.3, -0.25) is 4.79 Å². The van der Waals surface area contributed by atoms with Crippen molar-refractivity contribution in [3.05, 3.63) is 12.2 Å². The minimum absolute atomic E-state index is 0. The Bertz CT molecular complexity index is 380. The number of carboxylic acids is 1. The molecule has 0 aromatic carbocycles. The number of carboxylic acid groups (broad SMARTS) is 1. The van der Waals surface area contributed by atoms with Crippen LogP contribution in [0.2, 0.25) is 0 Å². The second-order valence-electron chi connectivity index (χ2n) is 4.88. The van der Waals surface area contributed by atoms with E-state index in [1.165, 1.54) is 0 Å². The Labute approximate surface area is 153 Å². The van der Waals surface area contributed by atoms with Crippen molar-refractivity contribution < 1.29 is 58.5 Å². The van der Waals surface area contributed by atoms with Crippen LogP contribution in [0.1, 0.15) is 52.4 Å². The van der Waals surface area contributed by atoms with E-state index in [0.29, 0.717) is 0 Å². The zero-order chi connectivity index (χ0) is 16.3. The van der Waals surface area contributed by atoms with Gasteiger partial charge in [0.1, 0.15) is 6.61 Å². The molecule has 0 aliphatic heterocycles. The van der Waals surface area contributed by atoms with Gasteiger partial charge in [-0.1, -0.05) is 32.8 Å². The predicted molar refractivity (Wildman–Crippen MR) is 74.0 cm³/mol. The summed E-state index contributed by atoms with van der Waals surface area (Å²) >= 11 is 0. The molecule has 0 fully saturated rings. The van der Waals surface area contributed by atoms with Crippen LogP contribution in [-0.2, 0) is 23.9 Å². The van der Waals surface area contributed by atoms with Gasteiger partial charge < -0.3 is 19.4 Å². The van der Waals surface area contributed by atoms with E-state index in [1.54, 1.807) is 6.92 Å². The van der Waals surface area contributed by atoms with Gasteiger partial charge in [0.2, 0.25) is 0 Å². The third-order valence-corrected chi connectivity index (χ3v) is 2.76. The summed E-state index contributed by atoms with van der Waals surface area (Å²) in [6.07, 6.45) is 4.61. The zero-order valence-corrected chi connectivity index (χ0v) is 15.7. The van der Waals surface area contributed by atoms with Crippen LogP contribution in [0.3, 0.4) is 0 Å². The Morgan fingerprint density at radius 2 is 1.82 bits per heavy atom. The molecule has 0 aromatic heterocycles. The first-order valence-electron chi connectivity index (χ1n) is 7.11. The Morgan fingerprint density at radius 1 is 1.18 bits per heavy atom. The van der Waals surface area contributed by atoms with Gasteiger partial charge in [0.25, 0.3) is 0 Å². The van der Waals surface area contributed by atoms with Gasteiger partial charge in [-0.25, -0.2) is 4.79 Å². The number of hydrogen-bond acceptors (Lipinski definition) is 6. The average molecular weight is 322 g/mol. The molecule has 0 heterocycles. The molecule has 120 valence electrons. The molecule has 0 amide bonds. The van der Waals surface area contributed by atoms with E-state index < -0.39 is 24.5 Å². The average Bonchev–Trinajstić information content (AvgIpc) is 2.40. The van der Waals surface area contributed by atoms with Crippen LogP contribution in [0.15, 0.2) is 12.2 Å². The number of aliphatic carboxylic acids is 1. The number of unbranched alkanes of at least 4 members (excludes halogenated alkanes) is 3. The molecular weight excluding hydrogens is 299 g/mol. The normalized spacial score (nSPS) is 11.0. The van der Waals surface area contributed by atoms with Crippen molar-refractivity contribution in [3.63, 3.8) is 0 Å². The summed E-state index contributed by atoms with van der Waals surface area (Å²) in [6, 6.07) is 0. The Hall–Kier alpha value is -0.850. The second kappa shape index (κ2) is 13.8. The topological polar surface area (TPSA) is 92.7 Å². The maximum atomic E-state index is 11.6. The van der Waals surface area contributed by atoms with Crippen molar-refractivity contribution in [1.29, 1.82) is 0 Å². The molecule has 1 atom stereocenters. The van der Waals surface area contributed by atoms with Crippen LogP contribution in [-0.4, -0.2) is 30.6 Å². The van der Waals surface area contributed by atoms with Gasteiger partial charge in [-0.05, 0) is 19.8 Å².